The van der Waals surface area contributed by atoms with Crippen molar-refractivity contribution in [3.8, 4) is 0 Å². The van der Waals surface area contributed by atoms with Gasteiger partial charge >= 0.3 is 11.9 Å². The van der Waals surface area contributed by atoms with Crippen LogP contribution in [-0.4, -0.2) is 24.6 Å². The van der Waals surface area contributed by atoms with Crippen LogP contribution in [0, 0.1) is 11.8 Å². The molecule has 0 amide bonds. The normalized spacial score (nSPS) is 26.1. The number of carbonyl (C=O) groups excluding carboxylic acids is 2. The van der Waals surface area contributed by atoms with E-state index in [-0.39, 0.29) is 29.9 Å². The van der Waals surface area contributed by atoms with Crippen molar-refractivity contribution in [1.29, 1.82) is 0 Å². The van der Waals surface area contributed by atoms with Gasteiger partial charge < -0.3 is 9.47 Å². The topological polar surface area (TPSA) is 52.6 Å². The zero-order valence-electron chi connectivity index (χ0n) is 12.4. The molecular weight excluding hydrogens is 256 g/mol. The van der Waals surface area contributed by atoms with Crippen LogP contribution < -0.4 is 0 Å². The number of esters is 2. The molecule has 20 heavy (non-hydrogen) atoms. The average Bonchev–Trinajstić information content (AvgIpc) is 3.27. The van der Waals surface area contributed by atoms with Gasteiger partial charge in [0.2, 0.25) is 0 Å². The third-order valence-electron chi connectivity index (χ3n) is 4.14. The van der Waals surface area contributed by atoms with Gasteiger partial charge in [-0.3, -0.25) is 9.59 Å². The molecule has 2 saturated carbocycles. The summed E-state index contributed by atoms with van der Waals surface area (Å²) in [7, 11) is 0. The predicted octanol–water partition coefficient (Wildman–Crippen LogP) is 3.23. The number of rotatable bonds is 7. The lowest BCUT2D eigenvalue weighted by Gasteiger charge is -2.26. The molecule has 0 spiro atoms. The molecule has 2 aliphatic carbocycles. The lowest BCUT2D eigenvalue weighted by atomic mass is 9.81. The Bertz CT molecular complexity index is 335. The molecule has 0 aromatic heterocycles. The number of carbonyl (C=O) groups is 2. The Kier molecular flexibility index (Phi) is 5.86. The molecule has 0 aliphatic heterocycles. The standard InChI is InChI=1S/C16H26O4/c1-2-3-4-10-19-15(17)12-6-5-7-13(11-12)16(18)20-14-8-9-14/h12-14H,2-11H2,1H3. The van der Waals surface area contributed by atoms with Gasteiger partial charge in [-0.05, 0) is 38.5 Å². The van der Waals surface area contributed by atoms with Gasteiger partial charge in [0.25, 0.3) is 0 Å². The second kappa shape index (κ2) is 7.65. The van der Waals surface area contributed by atoms with Crippen LogP contribution in [0.4, 0.5) is 0 Å². The summed E-state index contributed by atoms with van der Waals surface area (Å²) in [6, 6.07) is 0. The minimum absolute atomic E-state index is 0.0995. The lowest BCUT2D eigenvalue weighted by molar-refractivity contribution is -0.155. The molecule has 2 rings (SSSR count). The van der Waals surface area contributed by atoms with Crippen LogP contribution in [0.2, 0.25) is 0 Å². The van der Waals surface area contributed by atoms with Gasteiger partial charge in [-0.15, -0.1) is 0 Å². The molecule has 0 bridgehead atoms. The Balaban J connectivity index is 1.71. The summed E-state index contributed by atoms with van der Waals surface area (Å²) in [4.78, 5) is 23.9. The van der Waals surface area contributed by atoms with Gasteiger partial charge in [0.1, 0.15) is 6.10 Å². The summed E-state index contributed by atoms with van der Waals surface area (Å²) in [6.45, 7) is 2.64. The summed E-state index contributed by atoms with van der Waals surface area (Å²) in [5.74, 6) is -0.430. The molecule has 2 unspecified atom stereocenters. The van der Waals surface area contributed by atoms with Crippen molar-refractivity contribution < 1.29 is 19.1 Å². The number of hydrogen-bond acceptors (Lipinski definition) is 4. The minimum atomic E-state index is -0.120. The van der Waals surface area contributed by atoms with Gasteiger partial charge in [-0.2, -0.15) is 0 Å². The largest absolute Gasteiger partial charge is 0.465 e. The fourth-order valence-corrected chi connectivity index (χ4v) is 2.71. The lowest BCUT2D eigenvalue weighted by Crippen LogP contribution is -2.30. The van der Waals surface area contributed by atoms with Crippen LogP contribution in [0.5, 0.6) is 0 Å². The van der Waals surface area contributed by atoms with Crippen molar-refractivity contribution in [2.45, 2.75) is 70.8 Å². The average molecular weight is 282 g/mol. The van der Waals surface area contributed by atoms with Crippen LogP contribution in [0.3, 0.4) is 0 Å². The van der Waals surface area contributed by atoms with Crippen LogP contribution in [-0.2, 0) is 19.1 Å². The molecule has 114 valence electrons. The summed E-state index contributed by atoms with van der Waals surface area (Å²) in [6.07, 6.45) is 8.53. The molecule has 2 atom stereocenters. The first kappa shape index (κ1) is 15.3. The van der Waals surface area contributed by atoms with Gasteiger partial charge in [0, 0.05) is 0 Å². The van der Waals surface area contributed by atoms with E-state index in [1.807, 2.05) is 0 Å². The molecule has 0 N–H and O–H groups in total. The molecule has 2 aliphatic rings. The highest BCUT2D eigenvalue weighted by atomic mass is 16.5. The van der Waals surface area contributed by atoms with Crippen molar-refractivity contribution in [2.75, 3.05) is 6.61 Å². The van der Waals surface area contributed by atoms with E-state index in [0.717, 1.165) is 51.4 Å². The van der Waals surface area contributed by atoms with E-state index >= 15 is 0 Å². The summed E-state index contributed by atoms with van der Waals surface area (Å²) in [5, 5.41) is 0. The van der Waals surface area contributed by atoms with Gasteiger partial charge in [-0.1, -0.05) is 26.2 Å². The highest BCUT2D eigenvalue weighted by Crippen LogP contribution is 2.33. The molecule has 0 aromatic carbocycles. The van der Waals surface area contributed by atoms with Gasteiger partial charge in [0.15, 0.2) is 0 Å². The second-order valence-electron chi connectivity index (χ2n) is 6.07. The third-order valence-corrected chi connectivity index (χ3v) is 4.14. The Morgan fingerprint density at radius 1 is 1.00 bits per heavy atom. The van der Waals surface area contributed by atoms with E-state index in [2.05, 4.69) is 6.92 Å². The molecule has 4 heteroatoms. The van der Waals surface area contributed by atoms with E-state index in [0.29, 0.717) is 13.0 Å². The maximum Gasteiger partial charge on any atom is 0.309 e. The maximum absolute atomic E-state index is 12.0. The van der Waals surface area contributed by atoms with E-state index in [4.69, 9.17) is 9.47 Å². The Morgan fingerprint density at radius 2 is 1.70 bits per heavy atom. The molecule has 2 fully saturated rings. The molecule has 0 saturated heterocycles. The fourth-order valence-electron chi connectivity index (χ4n) is 2.71. The summed E-state index contributed by atoms with van der Waals surface area (Å²) in [5.41, 5.74) is 0. The fraction of sp³-hybridized carbons (Fsp3) is 0.875. The third kappa shape index (κ3) is 4.80. The number of ether oxygens (including phenoxy) is 2. The van der Waals surface area contributed by atoms with Crippen LogP contribution in [0.1, 0.15) is 64.7 Å². The Labute approximate surface area is 121 Å². The quantitative estimate of drug-likeness (QED) is 0.531. The van der Waals surface area contributed by atoms with Crippen LogP contribution in [0.25, 0.3) is 0 Å². The highest BCUT2D eigenvalue weighted by molar-refractivity contribution is 5.76. The Hall–Kier alpha value is -1.06. The number of hydrogen-bond donors (Lipinski definition) is 0. The summed E-state index contributed by atoms with van der Waals surface area (Å²) >= 11 is 0. The van der Waals surface area contributed by atoms with Crippen molar-refractivity contribution in [3.63, 3.8) is 0 Å². The van der Waals surface area contributed by atoms with E-state index < -0.39 is 0 Å². The monoisotopic (exact) mass is 282 g/mol. The van der Waals surface area contributed by atoms with E-state index in [1.54, 1.807) is 0 Å². The molecular formula is C16H26O4. The van der Waals surface area contributed by atoms with Crippen LogP contribution in [0.15, 0.2) is 0 Å². The first-order chi connectivity index (χ1) is 9.70. The minimum Gasteiger partial charge on any atom is -0.465 e. The highest BCUT2D eigenvalue weighted by Gasteiger charge is 2.35. The zero-order chi connectivity index (χ0) is 14.4. The zero-order valence-corrected chi connectivity index (χ0v) is 12.4. The van der Waals surface area contributed by atoms with Crippen molar-refractivity contribution in [2.24, 2.45) is 11.8 Å². The second-order valence-corrected chi connectivity index (χ2v) is 6.07. The van der Waals surface area contributed by atoms with Gasteiger partial charge in [-0.25, -0.2) is 0 Å². The molecule has 0 aromatic rings. The first-order valence-corrected chi connectivity index (χ1v) is 8.07. The van der Waals surface area contributed by atoms with Gasteiger partial charge in [0.05, 0.1) is 18.4 Å². The van der Waals surface area contributed by atoms with Crippen LogP contribution >= 0.6 is 0 Å². The Morgan fingerprint density at radius 3 is 2.35 bits per heavy atom. The number of unbranched alkanes of at least 4 members (excludes halogenated alkanes) is 2. The van der Waals surface area contributed by atoms with E-state index in [1.165, 1.54) is 0 Å². The molecule has 0 radical (unpaired) electrons. The summed E-state index contributed by atoms with van der Waals surface area (Å²) < 4.78 is 10.7. The molecule has 4 nitrogen and oxygen atoms in total. The molecule has 0 heterocycles. The maximum atomic E-state index is 12.0. The van der Waals surface area contributed by atoms with E-state index in [9.17, 15) is 9.59 Å². The SMILES string of the molecule is CCCCCOC(=O)C1CCCC(C(=O)OC2CC2)C1. The van der Waals surface area contributed by atoms with Crippen molar-refractivity contribution >= 4 is 11.9 Å². The first-order valence-electron chi connectivity index (χ1n) is 8.07. The van der Waals surface area contributed by atoms with Crippen molar-refractivity contribution in [1.82, 2.24) is 0 Å². The van der Waals surface area contributed by atoms with Crippen molar-refractivity contribution in [3.05, 3.63) is 0 Å². The predicted molar refractivity (Wildman–Crippen MR) is 75.0 cm³/mol. The smallest absolute Gasteiger partial charge is 0.309 e.